The number of benzene rings is 1. The van der Waals surface area contributed by atoms with Crippen molar-refractivity contribution in [2.45, 2.75) is 38.9 Å². The van der Waals surface area contributed by atoms with Gasteiger partial charge < -0.3 is 14.4 Å². The molecule has 2 heterocycles. The number of likely N-dealkylation sites (tertiary alicyclic amines) is 1. The molecule has 1 saturated heterocycles. The standard InChI is InChI=1S/C18H22N2O3/c1-18(2,3)23-17(21)20-11-9-14(12-20)22-15-8-4-6-13-7-5-10-19-16(13)15/h4-8,10,14H,9,11-12H2,1-3H3/t14-/m0/s1. The Morgan fingerprint density at radius 2 is 2.04 bits per heavy atom. The van der Waals surface area contributed by atoms with Crippen molar-refractivity contribution in [3.8, 4) is 5.75 Å². The minimum absolute atomic E-state index is 0.0323. The molecule has 1 aromatic heterocycles. The van der Waals surface area contributed by atoms with Crippen LogP contribution in [0.15, 0.2) is 36.5 Å². The maximum absolute atomic E-state index is 12.1. The summed E-state index contributed by atoms with van der Waals surface area (Å²) in [5.41, 5.74) is 0.376. The lowest BCUT2D eigenvalue weighted by Gasteiger charge is -2.24. The summed E-state index contributed by atoms with van der Waals surface area (Å²) in [4.78, 5) is 18.2. The number of aromatic nitrogens is 1. The fraction of sp³-hybridized carbons (Fsp3) is 0.444. The van der Waals surface area contributed by atoms with E-state index in [0.717, 1.165) is 23.1 Å². The molecule has 122 valence electrons. The summed E-state index contributed by atoms with van der Waals surface area (Å²) in [7, 11) is 0. The van der Waals surface area contributed by atoms with Crippen molar-refractivity contribution in [2.75, 3.05) is 13.1 Å². The van der Waals surface area contributed by atoms with E-state index < -0.39 is 5.60 Å². The van der Waals surface area contributed by atoms with E-state index in [2.05, 4.69) is 4.98 Å². The van der Waals surface area contributed by atoms with Crippen molar-refractivity contribution in [1.29, 1.82) is 0 Å². The summed E-state index contributed by atoms with van der Waals surface area (Å²) in [5.74, 6) is 0.763. The predicted octanol–water partition coefficient (Wildman–Crippen LogP) is 3.62. The molecule has 23 heavy (non-hydrogen) atoms. The first kappa shape index (κ1) is 15.6. The number of amides is 1. The minimum atomic E-state index is -0.477. The zero-order chi connectivity index (χ0) is 16.4. The normalized spacial score (nSPS) is 18.2. The van der Waals surface area contributed by atoms with Crippen molar-refractivity contribution in [2.24, 2.45) is 0 Å². The number of ether oxygens (including phenoxy) is 2. The summed E-state index contributed by atoms with van der Waals surface area (Å²) in [6.45, 7) is 6.81. The van der Waals surface area contributed by atoms with E-state index in [9.17, 15) is 4.79 Å². The Labute approximate surface area is 136 Å². The smallest absolute Gasteiger partial charge is 0.410 e. The zero-order valence-corrected chi connectivity index (χ0v) is 13.8. The Morgan fingerprint density at radius 3 is 2.83 bits per heavy atom. The maximum atomic E-state index is 12.1. The SMILES string of the molecule is CC(C)(C)OC(=O)N1CC[C@H](Oc2cccc3cccnc23)C1. The van der Waals surface area contributed by atoms with E-state index in [0.29, 0.717) is 13.1 Å². The molecule has 1 fully saturated rings. The maximum Gasteiger partial charge on any atom is 0.410 e. The number of carbonyl (C=O) groups excluding carboxylic acids is 1. The van der Waals surface area contributed by atoms with Crippen LogP contribution in [0.3, 0.4) is 0 Å². The molecule has 3 rings (SSSR count). The fourth-order valence-electron chi connectivity index (χ4n) is 2.67. The van der Waals surface area contributed by atoms with Gasteiger partial charge in [0, 0.05) is 24.5 Å². The van der Waals surface area contributed by atoms with Crippen LogP contribution in [0, 0.1) is 0 Å². The molecule has 0 saturated carbocycles. The number of nitrogens with zero attached hydrogens (tertiary/aromatic N) is 2. The van der Waals surface area contributed by atoms with Gasteiger partial charge in [0.15, 0.2) is 0 Å². The number of carbonyl (C=O) groups is 1. The van der Waals surface area contributed by atoms with E-state index in [-0.39, 0.29) is 12.2 Å². The molecule has 5 heteroatoms. The number of rotatable bonds is 2. The largest absolute Gasteiger partial charge is 0.486 e. The number of pyridine rings is 1. The summed E-state index contributed by atoms with van der Waals surface area (Å²) in [6.07, 6.45) is 2.24. The van der Waals surface area contributed by atoms with Gasteiger partial charge in [-0.15, -0.1) is 0 Å². The van der Waals surface area contributed by atoms with Crippen LogP contribution >= 0.6 is 0 Å². The number of fused-ring (bicyclic) bond motifs is 1. The van der Waals surface area contributed by atoms with Crippen LogP contribution in [-0.2, 0) is 4.74 Å². The first-order valence-electron chi connectivity index (χ1n) is 7.91. The minimum Gasteiger partial charge on any atom is -0.486 e. The average Bonchev–Trinajstić information content (AvgIpc) is 2.95. The number of hydrogen-bond donors (Lipinski definition) is 0. The second-order valence-corrected chi connectivity index (χ2v) is 6.79. The van der Waals surface area contributed by atoms with Crippen molar-refractivity contribution >= 4 is 17.0 Å². The van der Waals surface area contributed by atoms with Gasteiger partial charge in [0.1, 0.15) is 23.0 Å². The van der Waals surface area contributed by atoms with E-state index in [1.165, 1.54) is 0 Å². The van der Waals surface area contributed by atoms with Crippen molar-refractivity contribution < 1.29 is 14.3 Å². The van der Waals surface area contributed by atoms with E-state index >= 15 is 0 Å². The molecular weight excluding hydrogens is 292 g/mol. The molecule has 1 aliphatic rings. The highest BCUT2D eigenvalue weighted by Gasteiger charge is 2.31. The average molecular weight is 314 g/mol. The van der Waals surface area contributed by atoms with Gasteiger partial charge in [0.2, 0.25) is 0 Å². The van der Waals surface area contributed by atoms with E-state index in [1.54, 1.807) is 11.1 Å². The highest BCUT2D eigenvalue weighted by Crippen LogP contribution is 2.26. The second kappa shape index (κ2) is 6.07. The lowest BCUT2D eigenvalue weighted by Crippen LogP contribution is -2.36. The molecule has 1 aliphatic heterocycles. The molecule has 2 aromatic rings. The molecule has 5 nitrogen and oxygen atoms in total. The number of para-hydroxylation sites is 1. The van der Waals surface area contributed by atoms with Crippen LogP contribution in [0.1, 0.15) is 27.2 Å². The highest BCUT2D eigenvalue weighted by molar-refractivity contribution is 5.84. The van der Waals surface area contributed by atoms with Gasteiger partial charge in [-0.1, -0.05) is 18.2 Å². The topological polar surface area (TPSA) is 51.7 Å². The van der Waals surface area contributed by atoms with Crippen LogP contribution < -0.4 is 4.74 Å². The van der Waals surface area contributed by atoms with Crippen LogP contribution in [-0.4, -0.2) is 40.8 Å². The van der Waals surface area contributed by atoms with Crippen LogP contribution in [0.25, 0.3) is 10.9 Å². The first-order valence-corrected chi connectivity index (χ1v) is 7.91. The lowest BCUT2D eigenvalue weighted by atomic mass is 10.2. The third kappa shape index (κ3) is 3.73. The molecule has 0 radical (unpaired) electrons. The van der Waals surface area contributed by atoms with E-state index in [1.807, 2.05) is 51.1 Å². The van der Waals surface area contributed by atoms with Crippen molar-refractivity contribution in [1.82, 2.24) is 9.88 Å². The highest BCUT2D eigenvalue weighted by atomic mass is 16.6. The molecule has 0 N–H and O–H groups in total. The number of hydrogen-bond acceptors (Lipinski definition) is 4. The molecule has 1 aromatic carbocycles. The van der Waals surface area contributed by atoms with Crippen LogP contribution in [0.2, 0.25) is 0 Å². The van der Waals surface area contributed by atoms with Crippen LogP contribution in [0.5, 0.6) is 5.75 Å². The predicted molar refractivity (Wildman–Crippen MR) is 88.6 cm³/mol. The Hall–Kier alpha value is -2.30. The van der Waals surface area contributed by atoms with Crippen molar-refractivity contribution in [3.05, 3.63) is 36.5 Å². The zero-order valence-electron chi connectivity index (χ0n) is 13.8. The molecule has 0 unspecified atom stereocenters. The summed E-state index contributed by atoms with van der Waals surface area (Å²) in [6, 6.07) is 9.81. The lowest BCUT2D eigenvalue weighted by molar-refractivity contribution is 0.0276. The summed E-state index contributed by atoms with van der Waals surface area (Å²) >= 11 is 0. The van der Waals surface area contributed by atoms with Crippen LogP contribution in [0.4, 0.5) is 4.79 Å². The Bertz CT molecular complexity index is 703. The molecule has 1 atom stereocenters. The van der Waals surface area contributed by atoms with Gasteiger partial charge in [-0.25, -0.2) is 4.79 Å². The molecule has 0 spiro atoms. The summed E-state index contributed by atoms with van der Waals surface area (Å²) < 4.78 is 11.5. The molecule has 1 amide bonds. The molecule has 0 aliphatic carbocycles. The third-order valence-corrected chi connectivity index (χ3v) is 3.69. The van der Waals surface area contributed by atoms with Gasteiger partial charge >= 0.3 is 6.09 Å². The van der Waals surface area contributed by atoms with Gasteiger partial charge in [0.25, 0.3) is 0 Å². The fourth-order valence-corrected chi connectivity index (χ4v) is 2.67. The Morgan fingerprint density at radius 1 is 1.26 bits per heavy atom. The Balaban J connectivity index is 1.67. The summed E-state index contributed by atoms with van der Waals surface area (Å²) in [5, 5.41) is 1.05. The quantitative estimate of drug-likeness (QED) is 0.849. The van der Waals surface area contributed by atoms with E-state index in [4.69, 9.17) is 9.47 Å². The van der Waals surface area contributed by atoms with Gasteiger partial charge in [-0.3, -0.25) is 4.98 Å². The third-order valence-electron chi connectivity index (χ3n) is 3.69. The Kier molecular flexibility index (Phi) is 4.11. The van der Waals surface area contributed by atoms with Gasteiger partial charge in [-0.2, -0.15) is 0 Å². The molecular formula is C18H22N2O3. The van der Waals surface area contributed by atoms with Gasteiger partial charge in [0.05, 0.1) is 6.54 Å². The van der Waals surface area contributed by atoms with Gasteiger partial charge in [-0.05, 0) is 32.9 Å². The monoisotopic (exact) mass is 314 g/mol. The second-order valence-electron chi connectivity index (χ2n) is 6.79. The first-order chi connectivity index (χ1) is 10.9. The van der Waals surface area contributed by atoms with Crippen molar-refractivity contribution in [3.63, 3.8) is 0 Å². The molecule has 0 bridgehead atoms.